The second-order valence-corrected chi connectivity index (χ2v) is 7.48. The molecule has 0 fully saturated rings. The fraction of sp³-hybridized carbons (Fsp3) is 0.348. The summed E-state index contributed by atoms with van der Waals surface area (Å²) in [5, 5.41) is 14.6. The number of aliphatic hydroxyl groups is 1. The van der Waals surface area contributed by atoms with Crippen LogP contribution >= 0.6 is 0 Å². The lowest BCUT2D eigenvalue weighted by molar-refractivity contribution is -0.269. The van der Waals surface area contributed by atoms with E-state index in [-0.39, 0.29) is 6.42 Å². The Morgan fingerprint density at radius 3 is 2.31 bits per heavy atom. The van der Waals surface area contributed by atoms with E-state index in [0.717, 1.165) is 11.3 Å². The number of aromatic nitrogens is 1. The molecule has 2 aromatic carbocycles. The van der Waals surface area contributed by atoms with Crippen molar-refractivity contribution >= 4 is 16.6 Å². The van der Waals surface area contributed by atoms with Crippen LogP contribution in [0.2, 0.25) is 0 Å². The van der Waals surface area contributed by atoms with Crippen molar-refractivity contribution in [2.45, 2.75) is 51.4 Å². The van der Waals surface area contributed by atoms with Gasteiger partial charge in [-0.15, -0.1) is 0 Å². The number of fused-ring (bicyclic) bond motifs is 1. The highest BCUT2D eigenvalue weighted by Gasteiger charge is 2.58. The summed E-state index contributed by atoms with van der Waals surface area (Å²) in [5.74, 6) is 0. The molecule has 0 bridgehead atoms. The fourth-order valence-corrected chi connectivity index (χ4v) is 3.61. The molecule has 3 rings (SSSR count). The molecule has 2 atom stereocenters. The third-order valence-electron chi connectivity index (χ3n) is 5.18. The zero-order chi connectivity index (χ0) is 21.2. The van der Waals surface area contributed by atoms with E-state index in [0.29, 0.717) is 22.2 Å². The van der Waals surface area contributed by atoms with Crippen molar-refractivity contribution < 1.29 is 18.3 Å². The summed E-state index contributed by atoms with van der Waals surface area (Å²) >= 11 is 0. The van der Waals surface area contributed by atoms with Crippen molar-refractivity contribution in [2.24, 2.45) is 0 Å². The molecule has 0 spiro atoms. The van der Waals surface area contributed by atoms with Gasteiger partial charge in [0, 0.05) is 16.8 Å². The van der Waals surface area contributed by atoms with Crippen LogP contribution in [-0.4, -0.2) is 21.9 Å². The summed E-state index contributed by atoms with van der Waals surface area (Å²) in [5.41, 5.74) is 0.395. The third kappa shape index (κ3) is 4.22. The lowest BCUT2D eigenvalue weighted by Gasteiger charge is -2.39. The quantitative estimate of drug-likeness (QED) is 0.524. The van der Waals surface area contributed by atoms with Gasteiger partial charge < -0.3 is 10.4 Å². The van der Waals surface area contributed by atoms with Crippen LogP contribution in [0.3, 0.4) is 0 Å². The van der Waals surface area contributed by atoms with E-state index in [4.69, 9.17) is 0 Å². The van der Waals surface area contributed by atoms with E-state index >= 15 is 0 Å². The maximum atomic E-state index is 14.1. The Hall–Kier alpha value is -2.60. The molecule has 1 heterocycles. The first kappa shape index (κ1) is 21.1. The number of nitrogens with one attached hydrogen (secondary N) is 1. The van der Waals surface area contributed by atoms with Crippen molar-refractivity contribution in [3.05, 3.63) is 71.4 Å². The zero-order valence-electron chi connectivity index (χ0n) is 16.7. The number of halogens is 3. The number of aryl methyl sites for hydroxylation is 2. The van der Waals surface area contributed by atoms with Crippen molar-refractivity contribution in [2.75, 3.05) is 5.32 Å². The minimum absolute atomic E-state index is 0.191. The molecule has 3 nitrogen and oxygen atoms in total. The van der Waals surface area contributed by atoms with Gasteiger partial charge in [-0.25, -0.2) is 0 Å². The topological polar surface area (TPSA) is 45.1 Å². The standard InChI is InChI=1S/C23H25F3N2O/c1-4-14-22(29,23(24,25)26)21(17-11-8-15(2)9-12-17)28-20-7-5-6-19-18(20)13-10-16(3)27-19/h5-13,21,28-29H,4,14H2,1-3H3. The van der Waals surface area contributed by atoms with Crippen LogP contribution in [0.15, 0.2) is 54.6 Å². The zero-order valence-corrected chi connectivity index (χ0v) is 16.7. The van der Waals surface area contributed by atoms with Gasteiger partial charge in [-0.2, -0.15) is 13.2 Å². The minimum Gasteiger partial charge on any atom is -0.379 e. The first-order valence-electron chi connectivity index (χ1n) is 9.64. The average molecular weight is 402 g/mol. The van der Waals surface area contributed by atoms with Crippen LogP contribution < -0.4 is 5.32 Å². The first-order valence-corrected chi connectivity index (χ1v) is 9.64. The summed E-state index contributed by atoms with van der Waals surface area (Å²) in [6.45, 7) is 5.36. The van der Waals surface area contributed by atoms with Crippen molar-refractivity contribution in [3.8, 4) is 0 Å². The highest BCUT2D eigenvalue weighted by Crippen LogP contribution is 2.45. The third-order valence-corrected chi connectivity index (χ3v) is 5.18. The van der Waals surface area contributed by atoms with Gasteiger partial charge in [-0.1, -0.05) is 49.2 Å². The normalized spacial score (nSPS) is 15.1. The van der Waals surface area contributed by atoms with Crippen LogP contribution in [0.1, 0.15) is 42.6 Å². The van der Waals surface area contributed by atoms with Crippen LogP contribution in [0.25, 0.3) is 10.9 Å². The van der Waals surface area contributed by atoms with Gasteiger partial charge in [0.2, 0.25) is 0 Å². The Kier molecular flexibility index (Phi) is 5.85. The van der Waals surface area contributed by atoms with E-state index in [9.17, 15) is 18.3 Å². The summed E-state index contributed by atoms with van der Waals surface area (Å²) in [7, 11) is 0. The van der Waals surface area contributed by atoms with Gasteiger partial charge in [0.25, 0.3) is 0 Å². The number of anilines is 1. The highest BCUT2D eigenvalue weighted by atomic mass is 19.4. The molecule has 2 N–H and O–H groups in total. The fourth-order valence-electron chi connectivity index (χ4n) is 3.61. The van der Waals surface area contributed by atoms with Gasteiger partial charge >= 0.3 is 6.18 Å². The van der Waals surface area contributed by atoms with Crippen molar-refractivity contribution in [1.82, 2.24) is 4.98 Å². The van der Waals surface area contributed by atoms with Crippen LogP contribution in [-0.2, 0) is 0 Å². The Balaban J connectivity index is 2.15. The molecular weight excluding hydrogens is 377 g/mol. The van der Waals surface area contributed by atoms with E-state index in [1.807, 2.05) is 32.0 Å². The van der Waals surface area contributed by atoms with Gasteiger partial charge in [0.1, 0.15) is 0 Å². The molecule has 6 heteroatoms. The Morgan fingerprint density at radius 1 is 1.00 bits per heavy atom. The molecule has 0 aliphatic heterocycles. The average Bonchev–Trinajstić information content (AvgIpc) is 2.66. The second-order valence-electron chi connectivity index (χ2n) is 7.48. The predicted molar refractivity (Wildman–Crippen MR) is 110 cm³/mol. The molecule has 0 amide bonds. The summed E-state index contributed by atoms with van der Waals surface area (Å²) < 4.78 is 42.2. The molecule has 0 aliphatic rings. The highest BCUT2D eigenvalue weighted by molar-refractivity contribution is 5.91. The largest absolute Gasteiger partial charge is 0.419 e. The predicted octanol–water partition coefficient (Wildman–Crippen LogP) is 6.10. The second kappa shape index (κ2) is 8.03. The maximum Gasteiger partial charge on any atom is 0.419 e. The number of hydrogen-bond donors (Lipinski definition) is 2. The van der Waals surface area contributed by atoms with E-state index in [1.165, 1.54) is 0 Å². The summed E-state index contributed by atoms with van der Waals surface area (Å²) in [4.78, 5) is 4.45. The van der Waals surface area contributed by atoms with Gasteiger partial charge in [0.15, 0.2) is 5.60 Å². The molecule has 0 radical (unpaired) electrons. The molecule has 0 saturated heterocycles. The Morgan fingerprint density at radius 2 is 1.69 bits per heavy atom. The number of benzene rings is 2. The molecule has 29 heavy (non-hydrogen) atoms. The maximum absolute atomic E-state index is 14.1. The van der Waals surface area contributed by atoms with Gasteiger partial charge in [0.05, 0.1) is 11.6 Å². The van der Waals surface area contributed by atoms with Crippen molar-refractivity contribution in [3.63, 3.8) is 0 Å². The lowest BCUT2D eigenvalue weighted by atomic mass is 9.83. The Labute approximate surface area is 168 Å². The number of nitrogens with zero attached hydrogens (tertiary/aromatic N) is 1. The number of rotatable bonds is 6. The lowest BCUT2D eigenvalue weighted by Crippen LogP contribution is -2.52. The van der Waals surface area contributed by atoms with Gasteiger partial charge in [-0.05, 0) is 50.1 Å². The smallest absolute Gasteiger partial charge is 0.379 e. The molecule has 3 aromatic rings. The SMILES string of the molecule is CCCC(O)(C(Nc1cccc2nc(C)ccc12)c1ccc(C)cc1)C(F)(F)F. The van der Waals surface area contributed by atoms with Crippen LogP contribution in [0, 0.1) is 13.8 Å². The molecule has 0 saturated carbocycles. The Bertz CT molecular complexity index is 986. The number of pyridine rings is 1. The van der Waals surface area contributed by atoms with Crippen molar-refractivity contribution in [1.29, 1.82) is 0 Å². The van der Waals surface area contributed by atoms with Gasteiger partial charge in [-0.3, -0.25) is 4.98 Å². The van der Waals surface area contributed by atoms with Crippen LogP contribution in [0.5, 0.6) is 0 Å². The summed E-state index contributed by atoms with van der Waals surface area (Å²) in [6, 6.07) is 14.3. The van der Waals surface area contributed by atoms with E-state index in [2.05, 4.69) is 10.3 Å². The number of hydrogen-bond acceptors (Lipinski definition) is 3. The first-order chi connectivity index (χ1) is 13.7. The number of alkyl halides is 3. The molecule has 154 valence electrons. The van der Waals surface area contributed by atoms with E-state index in [1.54, 1.807) is 43.3 Å². The summed E-state index contributed by atoms with van der Waals surface area (Å²) in [6.07, 6.45) is -5.02. The molecule has 1 aromatic heterocycles. The van der Waals surface area contributed by atoms with Crippen LogP contribution in [0.4, 0.5) is 18.9 Å². The minimum atomic E-state index is -4.80. The molecular formula is C23H25F3N2O. The molecule has 2 unspecified atom stereocenters. The monoisotopic (exact) mass is 402 g/mol. The molecule has 0 aliphatic carbocycles. The van der Waals surface area contributed by atoms with E-state index < -0.39 is 24.2 Å².